The largest absolute Gasteiger partial charge is 0.573 e. The van der Waals surface area contributed by atoms with Crippen molar-refractivity contribution in [3.63, 3.8) is 0 Å². The molecule has 2 fully saturated rings. The van der Waals surface area contributed by atoms with Gasteiger partial charge in [-0.2, -0.15) is 0 Å². The van der Waals surface area contributed by atoms with Crippen LogP contribution in [0, 0.1) is 0 Å². The average Bonchev–Trinajstić information content (AvgIpc) is 3.43. The van der Waals surface area contributed by atoms with Crippen molar-refractivity contribution in [3.8, 4) is 5.75 Å². The van der Waals surface area contributed by atoms with Crippen molar-refractivity contribution < 1.29 is 31.1 Å². The highest BCUT2D eigenvalue weighted by Gasteiger charge is 2.34. The molecule has 1 aliphatic carbocycles. The molecule has 0 radical (unpaired) electrons. The third-order valence-corrected chi connectivity index (χ3v) is 9.86. The summed E-state index contributed by atoms with van der Waals surface area (Å²) in [6.45, 7) is 5.21. The zero-order valence-corrected chi connectivity index (χ0v) is 24.0. The van der Waals surface area contributed by atoms with Crippen LogP contribution in [-0.4, -0.2) is 80.4 Å². The van der Waals surface area contributed by atoms with Crippen molar-refractivity contribution >= 4 is 33.0 Å². The summed E-state index contributed by atoms with van der Waals surface area (Å²) in [5.41, 5.74) is 6.51. The first-order chi connectivity index (χ1) is 18.9. The van der Waals surface area contributed by atoms with Crippen LogP contribution in [0.5, 0.6) is 5.75 Å². The molecule has 2 heterocycles. The minimum absolute atomic E-state index is 0.00114. The van der Waals surface area contributed by atoms with Gasteiger partial charge in [0, 0.05) is 30.4 Å². The van der Waals surface area contributed by atoms with E-state index in [1.165, 1.54) is 31.9 Å². The number of hydrogen-bond donors (Lipinski definition) is 2. The predicted molar refractivity (Wildman–Crippen MR) is 149 cm³/mol. The molecule has 222 valence electrons. The van der Waals surface area contributed by atoms with E-state index in [1.807, 2.05) is 0 Å². The lowest BCUT2D eigenvalue weighted by Gasteiger charge is -2.36. The van der Waals surface area contributed by atoms with E-state index < -0.39 is 33.2 Å². The van der Waals surface area contributed by atoms with Crippen LogP contribution in [0.4, 0.5) is 18.9 Å². The number of nitrogens with two attached hydrogens (primary N) is 1. The summed E-state index contributed by atoms with van der Waals surface area (Å²) >= 11 is 6.17. The number of nitrogen functional groups attached to an aromatic ring is 1. The van der Waals surface area contributed by atoms with Gasteiger partial charge >= 0.3 is 6.36 Å². The second-order valence-corrected chi connectivity index (χ2v) is 13.3. The number of ether oxygens (including phenoxy) is 1. The van der Waals surface area contributed by atoms with E-state index >= 15 is 0 Å². The first kappa shape index (κ1) is 30.7. The molecule has 40 heavy (non-hydrogen) atoms. The number of carbonyl (C=O) groups excluding carboxylic acids is 1. The molecule has 1 aromatic carbocycles. The minimum atomic E-state index is -4.96. The number of allylic oxidation sites excluding steroid dienone is 2. The van der Waals surface area contributed by atoms with Crippen LogP contribution in [0.3, 0.4) is 0 Å². The maximum Gasteiger partial charge on any atom is 0.573 e. The quantitative estimate of drug-likeness (QED) is 0.321. The molecule has 1 atom stereocenters. The lowest BCUT2D eigenvalue weighted by atomic mass is 10.0. The van der Waals surface area contributed by atoms with Crippen molar-refractivity contribution in [2.75, 3.05) is 44.2 Å². The van der Waals surface area contributed by atoms with Gasteiger partial charge in [-0.15, -0.1) is 24.8 Å². The van der Waals surface area contributed by atoms with Crippen molar-refractivity contribution in [3.05, 3.63) is 45.9 Å². The summed E-state index contributed by atoms with van der Waals surface area (Å²) in [4.78, 5) is 17.7. The molecule has 0 aromatic heterocycles. The fourth-order valence-electron chi connectivity index (χ4n) is 5.59. The summed E-state index contributed by atoms with van der Waals surface area (Å²) in [5.74, 6) is -1.37. The zero-order chi connectivity index (χ0) is 29.1. The van der Waals surface area contributed by atoms with Crippen LogP contribution < -0.4 is 15.8 Å². The summed E-state index contributed by atoms with van der Waals surface area (Å²) < 4.78 is 69.2. The summed E-state index contributed by atoms with van der Waals surface area (Å²) in [7, 11) is -3.56. The van der Waals surface area contributed by atoms with Crippen LogP contribution >= 0.6 is 11.6 Å². The molecule has 3 aliphatic rings. The Bertz CT molecular complexity index is 1250. The number of likely N-dealkylation sites (tertiary alicyclic amines) is 2. The molecule has 2 saturated heterocycles. The first-order valence-electron chi connectivity index (χ1n) is 13.6. The standard InChI is InChI=1S/C27H36ClF3N4O4S/c1-2-40(37,38)25-6-5-20(28)13-18(25)16-33-26(36)22-15-24(39-27(29,30)31)19(14-23(22)32)17-34-11-7-21(8-12-34)35-9-3-4-10-35/h6,13-15,20-21H,2-5,7-12,16-17,32H2,1H3,(H,33,36). The molecule has 4 rings (SSSR count). The Morgan fingerprint density at radius 2 is 1.85 bits per heavy atom. The van der Waals surface area contributed by atoms with Gasteiger partial charge in [-0.25, -0.2) is 8.42 Å². The number of piperidine rings is 1. The molecule has 0 saturated carbocycles. The maximum absolute atomic E-state index is 13.3. The average molecular weight is 605 g/mol. The number of amides is 1. The number of halogens is 4. The summed E-state index contributed by atoms with van der Waals surface area (Å²) in [6, 6.07) is 2.85. The normalized spacial score (nSPS) is 21.7. The fourth-order valence-corrected chi connectivity index (χ4v) is 7.03. The second-order valence-electron chi connectivity index (χ2n) is 10.4. The number of alkyl halides is 4. The lowest BCUT2D eigenvalue weighted by Crippen LogP contribution is -2.43. The molecule has 1 unspecified atom stereocenters. The smallest absolute Gasteiger partial charge is 0.405 e. The molecule has 0 spiro atoms. The monoisotopic (exact) mass is 604 g/mol. The number of anilines is 1. The number of rotatable bonds is 9. The van der Waals surface area contributed by atoms with E-state index in [0.29, 0.717) is 18.0 Å². The first-order valence-corrected chi connectivity index (χ1v) is 15.7. The number of sulfone groups is 1. The third-order valence-electron chi connectivity index (χ3n) is 7.69. The molecule has 1 aromatic rings. The van der Waals surface area contributed by atoms with E-state index in [-0.39, 0.29) is 40.6 Å². The van der Waals surface area contributed by atoms with E-state index in [9.17, 15) is 26.4 Å². The highest BCUT2D eigenvalue weighted by atomic mass is 35.5. The number of nitrogens with one attached hydrogen (secondary N) is 1. The van der Waals surface area contributed by atoms with Gasteiger partial charge in [-0.1, -0.05) is 19.1 Å². The fraction of sp³-hybridized carbons (Fsp3) is 0.593. The Morgan fingerprint density at radius 1 is 1.18 bits per heavy atom. The van der Waals surface area contributed by atoms with Crippen LogP contribution in [0.2, 0.25) is 0 Å². The van der Waals surface area contributed by atoms with Gasteiger partial charge in [-0.05, 0) is 76.0 Å². The van der Waals surface area contributed by atoms with Crippen LogP contribution in [0.1, 0.15) is 54.9 Å². The molecule has 2 aliphatic heterocycles. The number of hydrogen-bond acceptors (Lipinski definition) is 7. The van der Waals surface area contributed by atoms with Gasteiger partial charge in [0.25, 0.3) is 5.91 Å². The number of benzene rings is 1. The molecular weight excluding hydrogens is 569 g/mol. The molecular formula is C27H36ClF3N4O4S. The van der Waals surface area contributed by atoms with Crippen molar-refractivity contribution in [2.45, 2.75) is 63.4 Å². The van der Waals surface area contributed by atoms with Crippen LogP contribution in [-0.2, 0) is 16.4 Å². The van der Waals surface area contributed by atoms with Crippen LogP contribution in [0.25, 0.3) is 0 Å². The Kier molecular flexibility index (Phi) is 9.74. The highest BCUT2D eigenvalue weighted by Crippen LogP contribution is 2.33. The van der Waals surface area contributed by atoms with E-state index in [2.05, 4.69) is 19.9 Å². The van der Waals surface area contributed by atoms with Crippen LogP contribution in [0.15, 0.2) is 34.8 Å². The summed E-state index contributed by atoms with van der Waals surface area (Å²) in [5, 5.41) is 2.13. The van der Waals surface area contributed by atoms with Crippen molar-refractivity contribution in [1.29, 1.82) is 0 Å². The SMILES string of the molecule is CCS(=O)(=O)C1=CCC(Cl)C=C1CNC(=O)c1cc(OC(F)(F)F)c(CN2CCC(N3CCCC3)CC2)cc1N. The molecule has 1 amide bonds. The van der Waals surface area contributed by atoms with Gasteiger partial charge in [0.05, 0.1) is 21.6 Å². The summed E-state index contributed by atoms with van der Waals surface area (Å²) in [6.07, 6.45) is 2.74. The van der Waals surface area contributed by atoms with Gasteiger partial charge < -0.3 is 20.7 Å². The Balaban J connectivity index is 1.48. The van der Waals surface area contributed by atoms with Gasteiger partial charge in [0.1, 0.15) is 5.75 Å². The Morgan fingerprint density at radius 3 is 2.48 bits per heavy atom. The minimum Gasteiger partial charge on any atom is -0.405 e. The number of nitrogens with zero attached hydrogens (tertiary/aromatic N) is 2. The van der Waals surface area contributed by atoms with Crippen molar-refractivity contribution in [1.82, 2.24) is 15.1 Å². The van der Waals surface area contributed by atoms with Gasteiger partial charge in [0.2, 0.25) is 0 Å². The lowest BCUT2D eigenvalue weighted by molar-refractivity contribution is -0.275. The van der Waals surface area contributed by atoms with Gasteiger partial charge in [-0.3, -0.25) is 9.69 Å². The molecule has 8 nitrogen and oxygen atoms in total. The van der Waals surface area contributed by atoms with Gasteiger partial charge in [0.15, 0.2) is 9.84 Å². The van der Waals surface area contributed by atoms with Crippen molar-refractivity contribution in [2.24, 2.45) is 0 Å². The van der Waals surface area contributed by atoms with E-state index in [4.69, 9.17) is 17.3 Å². The Labute approximate surface area is 238 Å². The number of carbonyl (C=O) groups is 1. The predicted octanol–water partition coefficient (Wildman–Crippen LogP) is 4.21. The van der Waals surface area contributed by atoms with E-state index in [1.54, 1.807) is 6.08 Å². The highest BCUT2D eigenvalue weighted by molar-refractivity contribution is 7.95. The molecule has 13 heteroatoms. The Hall–Kier alpha value is -2.28. The molecule has 0 bridgehead atoms. The zero-order valence-electron chi connectivity index (χ0n) is 22.5. The second kappa shape index (κ2) is 12.7. The van der Waals surface area contributed by atoms with E-state index in [0.717, 1.165) is 45.1 Å². The topological polar surface area (TPSA) is 105 Å². The molecule has 3 N–H and O–H groups in total. The third kappa shape index (κ3) is 7.71. The maximum atomic E-state index is 13.3.